The fourth-order valence-corrected chi connectivity index (χ4v) is 1.73. The van der Waals surface area contributed by atoms with Gasteiger partial charge in [0.1, 0.15) is 5.82 Å². The van der Waals surface area contributed by atoms with Crippen LogP contribution in [0.25, 0.3) is 0 Å². The largest absolute Gasteiger partial charge is 0.396 e. The Balaban J connectivity index is 1.86. The molecular weight excluding hydrogens is 226 g/mol. The fraction of sp³-hybridized carbons (Fsp3) is 0.286. The van der Waals surface area contributed by atoms with Gasteiger partial charge in [0, 0.05) is 37.2 Å². The maximum atomic E-state index is 9.38. The number of anilines is 1. The van der Waals surface area contributed by atoms with E-state index < -0.39 is 0 Å². The van der Waals surface area contributed by atoms with E-state index in [9.17, 15) is 5.11 Å². The first-order valence-electron chi connectivity index (χ1n) is 6.04. The first-order valence-corrected chi connectivity index (χ1v) is 6.04. The molecule has 0 aromatic carbocycles. The number of aliphatic hydroxyl groups is 1. The standard InChI is InChI=1S/C14H17N3O/c18-11-12(9-13-5-1-3-7-15-13)10-17-14-6-2-4-8-16-14/h1-8,12,18H,9-11H2,(H,16,17). The summed E-state index contributed by atoms with van der Waals surface area (Å²) in [6.07, 6.45) is 4.28. The summed E-state index contributed by atoms with van der Waals surface area (Å²) in [7, 11) is 0. The summed E-state index contributed by atoms with van der Waals surface area (Å²) < 4.78 is 0. The highest BCUT2D eigenvalue weighted by Crippen LogP contribution is 2.08. The molecule has 0 spiro atoms. The van der Waals surface area contributed by atoms with Crippen molar-refractivity contribution in [3.63, 3.8) is 0 Å². The molecule has 0 fully saturated rings. The summed E-state index contributed by atoms with van der Waals surface area (Å²) in [6.45, 7) is 0.820. The van der Waals surface area contributed by atoms with E-state index >= 15 is 0 Å². The van der Waals surface area contributed by atoms with Crippen molar-refractivity contribution in [2.24, 2.45) is 5.92 Å². The second kappa shape index (κ2) is 6.71. The van der Waals surface area contributed by atoms with Gasteiger partial charge in [-0.3, -0.25) is 4.98 Å². The number of hydrogen-bond acceptors (Lipinski definition) is 4. The van der Waals surface area contributed by atoms with Gasteiger partial charge in [-0.1, -0.05) is 12.1 Å². The highest BCUT2D eigenvalue weighted by Gasteiger charge is 2.09. The molecule has 2 aromatic rings. The Morgan fingerprint density at radius 2 is 1.83 bits per heavy atom. The number of pyridine rings is 2. The normalized spacial score (nSPS) is 12.1. The van der Waals surface area contributed by atoms with Crippen LogP contribution in [0.5, 0.6) is 0 Å². The van der Waals surface area contributed by atoms with Crippen LogP contribution in [0.3, 0.4) is 0 Å². The molecule has 0 radical (unpaired) electrons. The third-order valence-electron chi connectivity index (χ3n) is 2.72. The molecule has 0 saturated carbocycles. The number of aromatic nitrogens is 2. The van der Waals surface area contributed by atoms with Crippen LogP contribution in [-0.4, -0.2) is 28.2 Å². The van der Waals surface area contributed by atoms with Crippen LogP contribution in [0.4, 0.5) is 5.82 Å². The van der Waals surface area contributed by atoms with Crippen molar-refractivity contribution in [1.82, 2.24) is 9.97 Å². The van der Waals surface area contributed by atoms with Crippen molar-refractivity contribution in [3.05, 3.63) is 54.5 Å². The summed E-state index contributed by atoms with van der Waals surface area (Å²) in [6, 6.07) is 11.6. The second-order valence-corrected chi connectivity index (χ2v) is 4.17. The molecule has 94 valence electrons. The smallest absolute Gasteiger partial charge is 0.125 e. The Bertz CT molecular complexity index is 447. The summed E-state index contributed by atoms with van der Waals surface area (Å²) >= 11 is 0. The molecule has 0 amide bonds. The number of nitrogens with one attached hydrogen (secondary N) is 1. The van der Waals surface area contributed by atoms with Crippen LogP contribution < -0.4 is 5.32 Å². The van der Waals surface area contributed by atoms with Gasteiger partial charge in [-0.15, -0.1) is 0 Å². The fourth-order valence-electron chi connectivity index (χ4n) is 1.73. The molecule has 2 aromatic heterocycles. The van der Waals surface area contributed by atoms with Crippen LogP contribution in [0.1, 0.15) is 5.69 Å². The Morgan fingerprint density at radius 3 is 2.44 bits per heavy atom. The molecule has 2 heterocycles. The Hall–Kier alpha value is -1.94. The summed E-state index contributed by atoms with van der Waals surface area (Å²) in [5.41, 5.74) is 0.999. The lowest BCUT2D eigenvalue weighted by molar-refractivity contribution is 0.232. The minimum Gasteiger partial charge on any atom is -0.396 e. The molecule has 2 rings (SSSR count). The highest BCUT2D eigenvalue weighted by atomic mass is 16.3. The molecule has 4 nitrogen and oxygen atoms in total. The lowest BCUT2D eigenvalue weighted by Gasteiger charge is -2.14. The summed E-state index contributed by atoms with van der Waals surface area (Å²) in [5, 5.41) is 12.6. The Morgan fingerprint density at radius 1 is 1.06 bits per heavy atom. The van der Waals surface area contributed by atoms with E-state index in [0.717, 1.165) is 17.9 Å². The number of hydrogen-bond donors (Lipinski definition) is 2. The van der Waals surface area contributed by atoms with Gasteiger partial charge in [0.05, 0.1) is 0 Å². The van der Waals surface area contributed by atoms with Crippen molar-refractivity contribution in [1.29, 1.82) is 0 Å². The zero-order valence-corrected chi connectivity index (χ0v) is 10.2. The number of aliphatic hydroxyl groups excluding tert-OH is 1. The lowest BCUT2D eigenvalue weighted by atomic mass is 10.0. The molecule has 1 unspecified atom stereocenters. The van der Waals surface area contributed by atoms with E-state index in [1.54, 1.807) is 12.4 Å². The van der Waals surface area contributed by atoms with Gasteiger partial charge in [0.15, 0.2) is 0 Å². The van der Waals surface area contributed by atoms with Crippen molar-refractivity contribution in [2.45, 2.75) is 6.42 Å². The minimum atomic E-state index is 0.135. The summed E-state index contributed by atoms with van der Waals surface area (Å²) in [4.78, 5) is 8.45. The molecule has 0 aliphatic heterocycles. The molecule has 2 N–H and O–H groups in total. The van der Waals surface area contributed by atoms with Gasteiger partial charge in [-0.05, 0) is 30.7 Å². The maximum absolute atomic E-state index is 9.38. The third-order valence-corrected chi connectivity index (χ3v) is 2.72. The number of nitrogens with zero attached hydrogens (tertiary/aromatic N) is 2. The topological polar surface area (TPSA) is 58.0 Å². The molecule has 1 atom stereocenters. The average Bonchev–Trinajstić information content (AvgIpc) is 2.45. The highest BCUT2D eigenvalue weighted by molar-refractivity contribution is 5.33. The zero-order valence-electron chi connectivity index (χ0n) is 10.2. The van der Waals surface area contributed by atoms with Crippen molar-refractivity contribution in [2.75, 3.05) is 18.5 Å². The van der Waals surface area contributed by atoms with Crippen LogP contribution in [0.15, 0.2) is 48.8 Å². The van der Waals surface area contributed by atoms with Crippen LogP contribution in [-0.2, 0) is 6.42 Å². The third kappa shape index (κ3) is 3.82. The van der Waals surface area contributed by atoms with Crippen molar-refractivity contribution >= 4 is 5.82 Å². The molecule has 18 heavy (non-hydrogen) atoms. The van der Waals surface area contributed by atoms with Gasteiger partial charge in [-0.25, -0.2) is 4.98 Å². The van der Waals surface area contributed by atoms with E-state index in [2.05, 4.69) is 15.3 Å². The zero-order chi connectivity index (χ0) is 12.6. The maximum Gasteiger partial charge on any atom is 0.125 e. The molecule has 0 bridgehead atoms. The van der Waals surface area contributed by atoms with Crippen LogP contribution in [0.2, 0.25) is 0 Å². The van der Waals surface area contributed by atoms with E-state index in [1.165, 1.54) is 0 Å². The molecule has 4 heteroatoms. The molecular formula is C14H17N3O. The SMILES string of the molecule is OCC(CNc1ccccn1)Cc1ccccn1. The summed E-state index contributed by atoms with van der Waals surface area (Å²) in [5.74, 6) is 0.971. The van der Waals surface area contributed by atoms with Crippen LogP contribution >= 0.6 is 0 Å². The van der Waals surface area contributed by atoms with E-state index in [0.29, 0.717) is 6.54 Å². The predicted molar refractivity (Wildman–Crippen MR) is 71.2 cm³/mol. The first kappa shape index (κ1) is 12.5. The predicted octanol–water partition coefficient (Wildman–Crippen LogP) is 1.74. The quantitative estimate of drug-likeness (QED) is 0.811. The van der Waals surface area contributed by atoms with Crippen molar-refractivity contribution in [3.8, 4) is 0 Å². The van der Waals surface area contributed by atoms with Gasteiger partial charge in [-0.2, -0.15) is 0 Å². The first-order chi connectivity index (χ1) is 8.88. The monoisotopic (exact) mass is 243 g/mol. The second-order valence-electron chi connectivity index (χ2n) is 4.17. The van der Waals surface area contributed by atoms with Gasteiger partial charge in [0.25, 0.3) is 0 Å². The van der Waals surface area contributed by atoms with Gasteiger partial charge < -0.3 is 10.4 Å². The molecule has 0 saturated heterocycles. The Labute approximate surface area is 107 Å². The van der Waals surface area contributed by atoms with Crippen LogP contribution in [0, 0.1) is 5.92 Å². The molecule has 0 aliphatic rings. The van der Waals surface area contributed by atoms with E-state index in [-0.39, 0.29) is 12.5 Å². The van der Waals surface area contributed by atoms with E-state index in [4.69, 9.17) is 0 Å². The van der Waals surface area contributed by atoms with Crippen molar-refractivity contribution < 1.29 is 5.11 Å². The minimum absolute atomic E-state index is 0.135. The van der Waals surface area contributed by atoms with Gasteiger partial charge >= 0.3 is 0 Å². The molecule has 0 aliphatic carbocycles. The average molecular weight is 243 g/mol. The van der Waals surface area contributed by atoms with Gasteiger partial charge in [0.2, 0.25) is 0 Å². The van der Waals surface area contributed by atoms with E-state index in [1.807, 2.05) is 36.4 Å². The lowest BCUT2D eigenvalue weighted by Crippen LogP contribution is -2.21. The number of rotatable bonds is 6. The Kier molecular flexibility index (Phi) is 4.67.